The second-order valence-electron chi connectivity index (χ2n) is 8.25. The third-order valence-corrected chi connectivity index (χ3v) is 5.85. The molecule has 3 N–H and O–H groups in total. The zero-order valence-corrected chi connectivity index (χ0v) is 17.7. The molecule has 0 amide bonds. The molecule has 0 aromatic carbocycles. The van der Waals surface area contributed by atoms with E-state index in [-0.39, 0.29) is 10.6 Å². The van der Waals surface area contributed by atoms with E-state index < -0.39 is 22.1 Å². The molecule has 0 radical (unpaired) electrons. The predicted octanol–water partition coefficient (Wildman–Crippen LogP) is 1.23. The van der Waals surface area contributed by atoms with E-state index in [1.165, 1.54) is 7.05 Å². The van der Waals surface area contributed by atoms with Crippen LogP contribution in [0.5, 0.6) is 0 Å². The second kappa shape index (κ2) is 9.05. The van der Waals surface area contributed by atoms with Gasteiger partial charge in [0.2, 0.25) is 0 Å². The van der Waals surface area contributed by atoms with Crippen molar-refractivity contribution in [3.63, 3.8) is 0 Å². The molecule has 5 unspecified atom stereocenters. The Bertz CT molecular complexity index is 404. The Balaban J connectivity index is 5.11. The molecule has 0 fully saturated rings. The van der Waals surface area contributed by atoms with Gasteiger partial charge in [0.1, 0.15) is 11.2 Å². The van der Waals surface area contributed by atoms with Crippen LogP contribution in [0, 0.1) is 15.8 Å². The Morgan fingerprint density at radius 3 is 1.60 bits per heavy atom. The molecule has 0 rings (SSSR count). The van der Waals surface area contributed by atoms with Crippen molar-refractivity contribution in [3.8, 4) is 0 Å². The van der Waals surface area contributed by atoms with Gasteiger partial charge in [0.05, 0.1) is 12.6 Å². The van der Waals surface area contributed by atoms with Crippen molar-refractivity contribution in [2.75, 3.05) is 7.05 Å². The summed E-state index contributed by atoms with van der Waals surface area (Å²) in [6.45, 7) is 17.4. The van der Waals surface area contributed by atoms with Gasteiger partial charge in [0.25, 0.3) is 0 Å². The molecule has 0 aromatic heterocycles. The Kier molecular flexibility index (Phi) is 8.94. The summed E-state index contributed by atoms with van der Waals surface area (Å²) >= 11 is 0. The van der Waals surface area contributed by atoms with Gasteiger partial charge in [-0.25, -0.2) is 5.23 Å². The number of hydrogen-bond donors (Lipinski definition) is 3. The van der Waals surface area contributed by atoms with Crippen LogP contribution in [0.4, 0.5) is 0 Å². The highest BCUT2D eigenvalue weighted by atomic mass is 17.2. The molecule has 8 nitrogen and oxygen atoms in total. The highest BCUT2D eigenvalue weighted by Gasteiger charge is 2.48. The normalized spacial score (nSPS) is 22.6. The van der Waals surface area contributed by atoms with E-state index in [2.05, 4.69) is 5.48 Å². The minimum absolute atomic E-state index is 0.232. The number of hydroxylamine groups is 3. The maximum Gasteiger partial charge on any atom is 0.145 e. The molecule has 0 aliphatic carbocycles. The van der Waals surface area contributed by atoms with Crippen LogP contribution in [0.25, 0.3) is 0 Å². The van der Waals surface area contributed by atoms with Crippen LogP contribution in [0.3, 0.4) is 0 Å². The zero-order valence-electron chi connectivity index (χ0n) is 17.7. The number of quaternary nitrogens is 2. The summed E-state index contributed by atoms with van der Waals surface area (Å²) in [5.74, 6) is 0. The van der Waals surface area contributed by atoms with Crippen LogP contribution >= 0.6 is 0 Å². The smallest absolute Gasteiger partial charge is 0.145 e. The van der Waals surface area contributed by atoms with Crippen molar-refractivity contribution in [2.24, 2.45) is 5.41 Å². The van der Waals surface area contributed by atoms with Gasteiger partial charge in [-0.1, -0.05) is 51.9 Å². The minimum Gasteiger partial charge on any atom is -0.600 e. The van der Waals surface area contributed by atoms with Gasteiger partial charge in [-0.2, -0.15) is 9.68 Å². The topological polar surface area (TPSA) is 94.7 Å². The van der Waals surface area contributed by atoms with Crippen molar-refractivity contribution < 1.29 is 25.2 Å². The Morgan fingerprint density at radius 1 is 0.800 bits per heavy atom. The van der Waals surface area contributed by atoms with Crippen LogP contribution in [-0.2, 0) is 14.6 Å². The molecule has 5 atom stereocenters. The molecule has 0 spiro atoms. The lowest BCUT2D eigenvalue weighted by atomic mass is 9.76. The summed E-state index contributed by atoms with van der Waals surface area (Å²) < 4.78 is 0. The molecule has 0 aromatic rings. The summed E-state index contributed by atoms with van der Waals surface area (Å²) in [5, 5.41) is 22.6. The van der Waals surface area contributed by atoms with Gasteiger partial charge in [-0.05, 0) is 45.4 Å². The van der Waals surface area contributed by atoms with E-state index in [0.717, 1.165) is 0 Å². The maximum atomic E-state index is 12.2. The van der Waals surface area contributed by atoms with Gasteiger partial charge >= 0.3 is 0 Å². The highest BCUT2D eigenvalue weighted by molar-refractivity contribution is 4.97. The molecule has 0 saturated heterocycles. The van der Waals surface area contributed by atoms with Crippen molar-refractivity contribution in [3.05, 3.63) is 10.4 Å². The number of rotatable bonds is 11. The molecule has 0 heterocycles. The third kappa shape index (κ3) is 6.11. The van der Waals surface area contributed by atoms with Crippen molar-refractivity contribution >= 4 is 0 Å². The van der Waals surface area contributed by atoms with Crippen molar-refractivity contribution in [1.29, 1.82) is 0 Å². The average Bonchev–Trinajstić information content (AvgIpc) is 2.50. The molecule has 0 saturated carbocycles. The Hall–Kier alpha value is -0.320. The first kappa shape index (κ1) is 24.7. The van der Waals surface area contributed by atoms with Crippen LogP contribution < -0.4 is 16.1 Å². The van der Waals surface area contributed by atoms with Gasteiger partial charge in [0.15, 0.2) is 0 Å². The van der Waals surface area contributed by atoms with Gasteiger partial charge in [-0.3, -0.25) is 0 Å². The molecule has 0 aliphatic rings. The third-order valence-electron chi connectivity index (χ3n) is 5.85. The lowest BCUT2D eigenvalue weighted by Crippen LogP contribution is -3.09. The Morgan fingerprint density at radius 2 is 1.28 bits per heavy atom. The minimum atomic E-state index is -0.827. The quantitative estimate of drug-likeness (QED) is 0.477. The van der Waals surface area contributed by atoms with E-state index in [1.54, 1.807) is 0 Å². The molecule has 152 valence electrons. The van der Waals surface area contributed by atoms with E-state index in [9.17, 15) is 10.4 Å². The summed E-state index contributed by atoms with van der Waals surface area (Å²) in [4.78, 5) is 16.3. The highest BCUT2D eigenvalue weighted by Crippen LogP contribution is 2.35. The van der Waals surface area contributed by atoms with E-state index in [0.29, 0.717) is 19.3 Å². The van der Waals surface area contributed by atoms with E-state index in [4.69, 9.17) is 14.6 Å². The Labute approximate surface area is 152 Å². The van der Waals surface area contributed by atoms with Crippen LogP contribution in [-0.4, -0.2) is 23.8 Å². The summed E-state index contributed by atoms with van der Waals surface area (Å²) in [6, 6.07) is 0. The molecule has 0 bridgehead atoms. The van der Waals surface area contributed by atoms with E-state index >= 15 is 0 Å². The van der Waals surface area contributed by atoms with Crippen LogP contribution in [0.15, 0.2) is 0 Å². The fraction of sp³-hybridized carbons (Fsp3) is 1.00. The fourth-order valence-electron chi connectivity index (χ4n) is 2.56. The maximum absolute atomic E-state index is 12.2. The molecule has 25 heavy (non-hydrogen) atoms. The SMILES string of the molecule is CCC(C)(NO[NH+]([O-])OC(C)(CC)C(C)(C)C)C(C)(CC)O[NH+](C)[O-]. The number of hydrogen-bond acceptors (Lipinski definition) is 6. The van der Waals surface area contributed by atoms with Gasteiger partial charge in [0, 0.05) is 0 Å². The lowest BCUT2D eigenvalue weighted by molar-refractivity contribution is -1.23. The molecule has 8 heteroatoms. The summed E-state index contributed by atoms with van der Waals surface area (Å²) in [5.41, 5.74) is 0.322. The molecule has 0 aliphatic heterocycles. The standard InChI is InChI=1S/C17H39N3O5/c1-11-15(7,17(9,13-3)23-19(10)21)18-25-20(22)24-16(8,12-2)14(4,5)6/h18-20H,11-13H2,1-10H3. The van der Waals surface area contributed by atoms with Crippen LogP contribution in [0.2, 0.25) is 0 Å². The average molecular weight is 366 g/mol. The first-order valence-corrected chi connectivity index (χ1v) is 9.06. The second-order valence-corrected chi connectivity index (χ2v) is 8.25. The first-order valence-electron chi connectivity index (χ1n) is 9.06. The van der Waals surface area contributed by atoms with Gasteiger partial charge < -0.3 is 10.4 Å². The van der Waals surface area contributed by atoms with Gasteiger partial charge in [-0.15, -0.1) is 5.48 Å². The van der Waals surface area contributed by atoms with Crippen LogP contribution in [0.1, 0.15) is 81.6 Å². The summed E-state index contributed by atoms with van der Waals surface area (Å²) in [6.07, 6.45) is 1.82. The fourth-order valence-corrected chi connectivity index (χ4v) is 2.56. The van der Waals surface area contributed by atoms with Crippen molar-refractivity contribution in [2.45, 2.75) is 98.3 Å². The lowest BCUT2D eigenvalue weighted by Gasteiger charge is -2.45. The summed E-state index contributed by atoms with van der Waals surface area (Å²) in [7, 11) is 1.37. The predicted molar refractivity (Wildman–Crippen MR) is 96.5 cm³/mol. The largest absolute Gasteiger partial charge is 0.600 e. The number of nitrogens with one attached hydrogen (secondary N) is 3. The molecular formula is C17H39N3O5. The molecular weight excluding hydrogens is 326 g/mol. The monoisotopic (exact) mass is 365 g/mol. The zero-order chi connectivity index (χ0) is 20.1. The first-order chi connectivity index (χ1) is 11.2. The van der Waals surface area contributed by atoms with Crippen molar-refractivity contribution in [1.82, 2.24) is 5.48 Å². The van der Waals surface area contributed by atoms with E-state index in [1.807, 2.05) is 62.3 Å².